The lowest BCUT2D eigenvalue weighted by Gasteiger charge is -2.37. The van der Waals surface area contributed by atoms with Gasteiger partial charge in [-0.15, -0.1) is 0 Å². The monoisotopic (exact) mass is 476 g/mol. The Labute approximate surface area is 205 Å². The minimum atomic E-state index is -0.865. The number of ether oxygens (including phenoxy) is 3. The Hall–Kier alpha value is -1.73. The van der Waals surface area contributed by atoms with Gasteiger partial charge in [0.1, 0.15) is 6.10 Å². The second-order valence-corrected chi connectivity index (χ2v) is 10.2. The molecule has 0 fully saturated rings. The van der Waals surface area contributed by atoms with E-state index in [1.807, 2.05) is 32.1 Å². The summed E-state index contributed by atoms with van der Waals surface area (Å²) in [6.07, 6.45) is 2.48. The van der Waals surface area contributed by atoms with Gasteiger partial charge in [-0.1, -0.05) is 51.1 Å². The van der Waals surface area contributed by atoms with Crippen LogP contribution >= 0.6 is 0 Å². The standard InChI is InChI=1S/C28H44O6/c1-8-20(17-29)12-18(2)25-15-23(32-6)16-26(33-7)28(4,5)22-11-9-10-21(13-22)14-24(30)19(3)27(31)34-25/h9-13,19-20,23-26,29-30H,8,14-17H2,1-7H3/b18-12-/t19-,20+,23+,24+,25-,26-/m0/s1. The van der Waals surface area contributed by atoms with Crippen LogP contribution in [0.2, 0.25) is 0 Å². The maximum atomic E-state index is 13.1. The molecule has 6 nitrogen and oxygen atoms in total. The van der Waals surface area contributed by atoms with E-state index in [1.54, 1.807) is 21.1 Å². The summed E-state index contributed by atoms with van der Waals surface area (Å²) in [7, 11) is 3.38. The lowest BCUT2D eigenvalue weighted by Crippen LogP contribution is -2.40. The summed E-state index contributed by atoms with van der Waals surface area (Å²) in [5, 5.41) is 20.5. The van der Waals surface area contributed by atoms with E-state index < -0.39 is 24.1 Å². The molecule has 192 valence electrons. The van der Waals surface area contributed by atoms with Crippen LogP contribution in [0, 0.1) is 11.8 Å². The molecule has 1 heterocycles. The van der Waals surface area contributed by atoms with Crippen LogP contribution in [0.25, 0.3) is 0 Å². The zero-order chi connectivity index (χ0) is 25.5. The van der Waals surface area contributed by atoms with Gasteiger partial charge in [-0.3, -0.25) is 4.79 Å². The van der Waals surface area contributed by atoms with E-state index in [1.165, 1.54) is 0 Å². The molecule has 2 bridgehead atoms. The number of carbonyl (C=O) groups excluding carboxylic acids is 1. The van der Waals surface area contributed by atoms with Crippen molar-refractivity contribution in [1.82, 2.24) is 0 Å². The highest BCUT2D eigenvalue weighted by molar-refractivity contribution is 5.73. The lowest BCUT2D eigenvalue weighted by atomic mass is 9.76. The van der Waals surface area contributed by atoms with Crippen molar-refractivity contribution < 1.29 is 29.2 Å². The molecule has 0 saturated carbocycles. The zero-order valence-electron chi connectivity index (χ0n) is 21.9. The molecule has 1 aliphatic heterocycles. The summed E-state index contributed by atoms with van der Waals surface area (Å²) in [6, 6.07) is 8.14. The highest BCUT2D eigenvalue weighted by Crippen LogP contribution is 2.34. The number of hydrogen-bond donors (Lipinski definition) is 2. The number of benzene rings is 1. The van der Waals surface area contributed by atoms with Crippen molar-refractivity contribution in [3.8, 4) is 0 Å². The van der Waals surface area contributed by atoms with Crippen LogP contribution in [0.5, 0.6) is 0 Å². The van der Waals surface area contributed by atoms with E-state index in [2.05, 4.69) is 26.0 Å². The predicted molar refractivity (Wildman–Crippen MR) is 134 cm³/mol. The molecule has 0 unspecified atom stereocenters. The Kier molecular flexibility index (Phi) is 10.8. The van der Waals surface area contributed by atoms with Crippen molar-refractivity contribution in [3.63, 3.8) is 0 Å². The molecule has 6 heteroatoms. The molecule has 34 heavy (non-hydrogen) atoms. The van der Waals surface area contributed by atoms with Crippen molar-refractivity contribution in [2.75, 3.05) is 20.8 Å². The minimum Gasteiger partial charge on any atom is -0.457 e. The number of fused-ring (bicyclic) bond motifs is 2. The number of methoxy groups -OCH3 is 2. The SMILES string of the molecule is CC[C@H](/C=C(/C)[C@@H]1C[C@@H](OC)C[C@H](OC)C(C)(C)c2cccc(c2)C[C@@H](O)[C@H](C)C(=O)O1)CO. The van der Waals surface area contributed by atoms with Gasteiger partial charge in [0.05, 0.1) is 24.2 Å². The highest BCUT2D eigenvalue weighted by Gasteiger charge is 2.36. The summed E-state index contributed by atoms with van der Waals surface area (Å²) in [4.78, 5) is 13.1. The highest BCUT2D eigenvalue weighted by atomic mass is 16.5. The molecule has 6 atom stereocenters. The molecule has 0 spiro atoms. The smallest absolute Gasteiger partial charge is 0.311 e. The van der Waals surface area contributed by atoms with Crippen LogP contribution in [-0.4, -0.2) is 61.4 Å². The largest absolute Gasteiger partial charge is 0.457 e. The summed E-state index contributed by atoms with van der Waals surface area (Å²) in [5.74, 6) is -1.12. The number of carbonyl (C=O) groups is 1. The molecule has 0 saturated heterocycles. The van der Waals surface area contributed by atoms with Gasteiger partial charge in [-0.2, -0.15) is 0 Å². The summed E-state index contributed by atoms with van der Waals surface area (Å²) >= 11 is 0. The van der Waals surface area contributed by atoms with Crippen molar-refractivity contribution in [3.05, 3.63) is 47.0 Å². The Bertz CT molecular complexity index is 813. The first-order valence-electron chi connectivity index (χ1n) is 12.4. The average Bonchev–Trinajstić information content (AvgIpc) is 2.82. The summed E-state index contributed by atoms with van der Waals surface area (Å²) in [6.45, 7) is 10.0. The molecule has 0 amide bonds. The minimum absolute atomic E-state index is 0.00787. The molecule has 2 rings (SSSR count). The zero-order valence-corrected chi connectivity index (χ0v) is 21.9. The van der Waals surface area contributed by atoms with Gasteiger partial charge in [0.15, 0.2) is 0 Å². The third kappa shape index (κ3) is 7.14. The first-order chi connectivity index (χ1) is 16.1. The molecule has 1 aromatic carbocycles. The van der Waals surface area contributed by atoms with Crippen molar-refractivity contribution in [1.29, 1.82) is 0 Å². The number of cyclic esters (lactones) is 1. The van der Waals surface area contributed by atoms with Crippen LogP contribution in [0.1, 0.15) is 65.0 Å². The van der Waals surface area contributed by atoms with Crippen LogP contribution in [0.4, 0.5) is 0 Å². The fraction of sp³-hybridized carbons (Fsp3) is 0.679. The van der Waals surface area contributed by atoms with E-state index in [4.69, 9.17) is 14.2 Å². The molecule has 1 aromatic rings. The molecule has 1 aliphatic rings. The molecule has 0 aliphatic carbocycles. The predicted octanol–water partition coefficient (Wildman–Crippen LogP) is 4.20. The molecule has 0 radical (unpaired) electrons. The molecule has 2 N–H and O–H groups in total. The number of rotatable bonds is 6. The van der Waals surface area contributed by atoms with Crippen LogP contribution in [0.15, 0.2) is 35.9 Å². The molecular formula is C28H44O6. The van der Waals surface area contributed by atoms with E-state index in [9.17, 15) is 15.0 Å². The second kappa shape index (κ2) is 12.8. The quantitative estimate of drug-likeness (QED) is 0.473. The van der Waals surface area contributed by atoms with Gasteiger partial charge < -0.3 is 24.4 Å². The lowest BCUT2D eigenvalue weighted by molar-refractivity contribution is -0.157. The topological polar surface area (TPSA) is 85.2 Å². The third-order valence-corrected chi connectivity index (χ3v) is 7.47. The van der Waals surface area contributed by atoms with Gasteiger partial charge >= 0.3 is 5.97 Å². The maximum Gasteiger partial charge on any atom is 0.311 e. The Morgan fingerprint density at radius 2 is 1.97 bits per heavy atom. The second-order valence-electron chi connectivity index (χ2n) is 10.2. The van der Waals surface area contributed by atoms with Crippen molar-refractivity contribution >= 4 is 5.97 Å². The maximum absolute atomic E-state index is 13.1. The Morgan fingerprint density at radius 3 is 2.56 bits per heavy atom. The number of esters is 1. The fourth-order valence-electron chi connectivity index (χ4n) is 4.67. The Balaban J connectivity index is 2.50. The van der Waals surface area contributed by atoms with E-state index >= 15 is 0 Å². The number of hydrogen-bond acceptors (Lipinski definition) is 6. The first-order valence-corrected chi connectivity index (χ1v) is 12.4. The van der Waals surface area contributed by atoms with Crippen molar-refractivity contribution in [2.24, 2.45) is 11.8 Å². The summed E-state index contributed by atoms with van der Waals surface area (Å²) < 4.78 is 17.8. The third-order valence-electron chi connectivity index (χ3n) is 7.47. The number of aliphatic hydroxyl groups is 2. The van der Waals surface area contributed by atoms with Gasteiger partial charge in [-0.05, 0) is 43.4 Å². The number of aliphatic hydroxyl groups excluding tert-OH is 2. The molecule has 0 aromatic heterocycles. The normalized spacial score (nSPS) is 29.7. The first kappa shape index (κ1) is 28.5. The van der Waals surface area contributed by atoms with Crippen molar-refractivity contribution in [2.45, 2.75) is 90.1 Å². The molecular weight excluding hydrogens is 432 g/mol. The van der Waals surface area contributed by atoms with E-state index in [-0.39, 0.29) is 30.1 Å². The van der Waals surface area contributed by atoms with Crippen LogP contribution in [0.3, 0.4) is 0 Å². The summed E-state index contributed by atoms with van der Waals surface area (Å²) in [5.41, 5.74) is 2.66. The van der Waals surface area contributed by atoms with Gasteiger partial charge in [0.2, 0.25) is 0 Å². The van der Waals surface area contributed by atoms with E-state index in [0.717, 1.165) is 23.1 Å². The van der Waals surface area contributed by atoms with E-state index in [0.29, 0.717) is 19.3 Å². The fourth-order valence-corrected chi connectivity index (χ4v) is 4.67. The van der Waals surface area contributed by atoms with Gasteiger partial charge in [-0.25, -0.2) is 0 Å². The van der Waals surface area contributed by atoms with Crippen LogP contribution < -0.4 is 0 Å². The average molecular weight is 477 g/mol. The van der Waals surface area contributed by atoms with Crippen LogP contribution in [-0.2, 0) is 30.8 Å². The van der Waals surface area contributed by atoms with Gasteiger partial charge in [0.25, 0.3) is 0 Å². The van der Waals surface area contributed by atoms with Gasteiger partial charge in [0, 0.05) is 45.0 Å². The Morgan fingerprint density at radius 1 is 1.26 bits per heavy atom.